The predicted molar refractivity (Wildman–Crippen MR) is 60.8 cm³/mol. The van der Waals surface area contributed by atoms with Gasteiger partial charge >= 0.3 is 12.0 Å². The van der Waals surface area contributed by atoms with E-state index in [2.05, 4.69) is 10.6 Å². The predicted octanol–water partition coefficient (Wildman–Crippen LogP) is -1.65. The number of carbonyl (C=O) groups excluding carboxylic acids is 2. The zero-order valence-corrected chi connectivity index (χ0v) is 10.3. The van der Waals surface area contributed by atoms with E-state index < -0.39 is 30.2 Å². The Morgan fingerprint density at radius 3 is 2.72 bits per heavy atom. The minimum absolute atomic E-state index is 0.275. The van der Waals surface area contributed by atoms with Gasteiger partial charge in [0, 0.05) is 13.1 Å². The monoisotopic (exact) mass is 259 g/mol. The van der Waals surface area contributed by atoms with Crippen LogP contribution in [0.1, 0.15) is 13.8 Å². The van der Waals surface area contributed by atoms with E-state index in [0.717, 1.165) is 0 Å². The lowest BCUT2D eigenvalue weighted by atomic mass is 9.99. The van der Waals surface area contributed by atoms with E-state index in [1.165, 1.54) is 4.90 Å². The molecule has 0 saturated carbocycles. The summed E-state index contributed by atoms with van der Waals surface area (Å²) in [6.45, 7) is 3.46. The van der Waals surface area contributed by atoms with Crippen LogP contribution in [0.25, 0.3) is 0 Å². The number of nitrogens with one attached hydrogen (secondary N) is 2. The number of amides is 3. The molecule has 0 radical (unpaired) electrons. The van der Waals surface area contributed by atoms with Gasteiger partial charge < -0.3 is 25.7 Å². The largest absolute Gasteiger partial charge is 0.479 e. The van der Waals surface area contributed by atoms with E-state index in [9.17, 15) is 14.4 Å². The van der Waals surface area contributed by atoms with Crippen LogP contribution in [0.3, 0.4) is 0 Å². The Balaban J connectivity index is 2.61. The highest BCUT2D eigenvalue weighted by atomic mass is 16.4. The molecule has 1 unspecified atom stereocenters. The van der Waals surface area contributed by atoms with Crippen molar-refractivity contribution in [3.63, 3.8) is 0 Å². The van der Waals surface area contributed by atoms with Crippen LogP contribution in [-0.2, 0) is 9.59 Å². The molecule has 1 saturated heterocycles. The van der Waals surface area contributed by atoms with Crippen molar-refractivity contribution >= 4 is 17.9 Å². The van der Waals surface area contributed by atoms with Gasteiger partial charge in [-0.1, -0.05) is 0 Å². The third kappa shape index (κ3) is 2.89. The van der Waals surface area contributed by atoms with E-state index >= 15 is 0 Å². The normalized spacial score (nSPS) is 19.9. The molecule has 102 valence electrons. The van der Waals surface area contributed by atoms with E-state index in [1.807, 2.05) is 0 Å². The summed E-state index contributed by atoms with van der Waals surface area (Å²) in [4.78, 5) is 35.1. The van der Waals surface area contributed by atoms with Crippen molar-refractivity contribution < 1.29 is 24.6 Å². The lowest BCUT2D eigenvalue weighted by molar-refractivity contribution is -0.146. The van der Waals surface area contributed by atoms with Crippen LogP contribution in [0, 0.1) is 0 Å². The van der Waals surface area contributed by atoms with Crippen LogP contribution in [0.2, 0.25) is 0 Å². The Hall–Kier alpha value is -1.83. The Bertz CT molecular complexity index is 369. The minimum atomic E-state index is -1.66. The quantitative estimate of drug-likeness (QED) is 0.484. The van der Waals surface area contributed by atoms with Crippen molar-refractivity contribution in [3.8, 4) is 0 Å². The molecule has 0 spiro atoms. The number of carbonyl (C=O) groups is 3. The molecule has 8 nitrogen and oxygen atoms in total. The second-order valence-electron chi connectivity index (χ2n) is 4.51. The fourth-order valence-electron chi connectivity index (χ4n) is 1.62. The number of aliphatic carboxylic acids is 1. The van der Waals surface area contributed by atoms with Crippen LogP contribution < -0.4 is 10.6 Å². The van der Waals surface area contributed by atoms with Gasteiger partial charge in [0.05, 0.1) is 6.54 Å². The summed E-state index contributed by atoms with van der Waals surface area (Å²) < 4.78 is 0. The number of aliphatic hydroxyl groups excluding tert-OH is 1. The number of nitrogens with zero attached hydrogens (tertiary/aromatic N) is 1. The topological polar surface area (TPSA) is 119 Å². The summed E-state index contributed by atoms with van der Waals surface area (Å²) in [7, 11) is 0. The fourth-order valence-corrected chi connectivity index (χ4v) is 1.62. The molecule has 1 rings (SSSR count). The van der Waals surface area contributed by atoms with Gasteiger partial charge in [-0.15, -0.1) is 0 Å². The molecule has 1 aliphatic heterocycles. The Kier molecular flexibility index (Phi) is 4.12. The molecule has 0 aromatic carbocycles. The summed E-state index contributed by atoms with van der Waals surface area (Å²) in [6, 6.07) is -0.574. The molecule has 1 aliphatic rings. The first-order chi connectivity index (χ1) is 8.26. The lowest BCUT2D eigenvalue weighted by Gasteiger charge is -2.41. The SMILES string of the molecule is CC1(C)C(=O)NCCN1C(=O)NCC(O)C(=O)O. The smallest absolute Gasteiger partial charge is 0.334 e. The summed E-state index contributed by atoms with van der Waals surface area (Å²) in [5, 5.41) is 22.4. The van der Waals surface area contributed by atoms with Gasteiger partial charge in [-0.05, 0) is 13.8 Å². The molecule has 8 heteroatoms. The highest BCUT2D eigenvalue weighted by Gasteiger charge is 2.40. The van der Waals surface area contributed by atoms with Crippen LogP contribution in [0.15, 0.2) is 0 Å². The maximum Gasteiger partial charge on any atom is 0.334 e. The van der Waals surface area contributed by atoms with E-state index in [0.29, 0.717) is 13.1 Å². The number of aliphatic hydroxyl groups is 1. The number of piperazine rings is 1. The van der Waals surface area contributed by atoms with Crippen molar-refractivity contribution in [3.05, 3.63) is 0 Å². The molecular weight excluding hydrogens is 242 g/mol. The molecule has 0 bridgehead atoms. The number of hydrogen-bond donors (Lipinski definition) is 4. The van der Waals surface area contributed by atoms with Gasteiger partial charge in [0.2, 0.25) is 5.91 Å². The van der Waals surface area contributed by atoms with Crippen LogP contribution in [0.4, 0.5) is 4.79 Å². The first-order valence-corrected chi connectivity index (χ1v) is 5.51. The highest BCUT2D eigenvalue weighted by Crippen LogP contribution is 2.17. The molecule has 4 N–H and O–H groups in total. The molecule has 0 aromatic heterocycles. The minimum Gasteiger partial charge on any atom is -0.479 e. The van der Waals surface area contributed by atoms with Crippen molar-refractivity contribution in [2.45, 2.75) is 25.5 Å². The summed E-state index contributed by atoms with van der Waals surface area (Å²) >= 11 is 0. The molecular formula is C10H17N3O5. The van der Waals surface area contributed by atoms with Gasteiger partial charge in [0.25, 0.3) is 0 Å². The van der Waals surface area contributed by atoms with E-state index in [-0.39, 0.29) is 5.91 Å². The molecule has 1 fully saturated rings. The van der Waals surface area contributed by atoms with Gasteiger partial charge in [-0.2, -0.15) is 0 Å². The maximum atomic E-state index is 11.8. The molecule has 18 heavy (non-hydrogen) atoms. The molecule has 0 aromatic rings. The van der Waals surface area contributed by atoms with Crippen LogP contribution >= 0.6 is 0 Å². The third-order valence-electron chi connectivity index (χ3n) is 2.83. The Morgan fingerprint density at radius 2 is 2.17 bits per heavy atom. The lowest BCUT2D eigenvalue weighted by Crippen LogP contribution is -2.65. The van der Waals surface area contributed by atoms with E-state index in [1.54, 1.807) is 13.8 Å². The summed E-state index contributed by atoms with van der Waals surface area (Å²) in [5.41, 5.74) is -1.00. The summed E-state index contributed by atoms with van der Waals surface area (Å²) in [6.07, 6.45) is -1.66. The van der Waals surface area contributed by atoms with Gasteiger partial charge in [-0.25, -0.2) is 9.59 Å². The van der Waals surface area contributed by atoms with Crippen molar-refractivity contribution in [2.75, 3.05) is 19.6 Å². The number of carboxylic acids is 1. The Morgan fingerprint density at radius 1 is 1.56 bits per heavy atom. The zero-order valence-electron chi connectivity index (χ0n) is 10.3. The number of urea groups is 1. The maximum absolute atomic E-state index is 11.8. The zero-order chi connectivity index (χ0) is 13.9. The fraction of sp³-hybridized carbons (Fsp3) is 0.700. The average Bonchev–Trinajstić information content (AvgIpc) is 2.28. The van der Waals surface area contributed by atoms with Crippen LogP contribution in [-0.4, -0.2) is 64.3 Å². The summed E-state index contributed by atoms with van der Waals surface area (Å²) in [5.74, 6) is -1.69. The Labute approximate surface area is 104 Å². The van der Waals surface area contributed by atoms with Crippen LogP contribution in [0.5, 0.6) is 0 Å². The second kappa shape index (κ2) is 5.21. The number of hydrogen-bond acceptors (Lipinski definition) is 4. The highest BCUT2D eigenvalue weighted by molar-refractivity contribution is 5.91. The van der Waals surface area contributed by atoms with Crippen molar-refractivity contribution in [2.24, 2.45) is 0 Å². The van der Waals surface area contributed by atoms with Crippen molar-refractivity contribution in [1.82, 2.24) is 15.5 Å². The van der Waals surface area contributed by atoms with Crippen molar-refractivity contribution in [1.29, 1.82) is 0 Å². The van der Waals surface area contributed by atoms with Gasteiger partial charge in [0.1, 0.15) is 5.54 Å². The van der Waals surface area contributed by atoms with Gasteiger partial charge in [0.15, 0.2) is 6.10 Å². The molecule has 1 heterocycles. The standard InChI is InChI=1S/C10H17N3O5/c1-10(2)8(17)11-3-4-13(10)9(18)12-5-6(14)7(15)16/h6,14H,3-5H2,1-2H3,(H,11,17)(H,12,18)(H,15,16). The number of carboxylic acid groups (broad SMARTS) is 1. The van der Waals surface area contributed by atoms with Gasteiger partial charge in [-0.3, -0.25) is 4.79 Å². The number of rotatable bonds is 3. The first kappa shape index (κ1) is 14.2. The first-order valence-electron chi connectivity index (χ1n) is 5.51. The molecule has 1 atom stereocenters. The average molecular weight is 259 g/mol. The second-order valence-corrected chi connectivity index (χ2v) is 4.51. The third-order valence-corrected chi connectivity index (χ3v) is 2.83. The molecule has 0 aliphatic carbocycles. The van der Waals surface area contributed by atoms with E-state index in [4.69, 9.17) is 10.2 Å². The molecule has 3 amide bonds.